The molecule has 0 radical (unpaired) electrons. The third-order valence-corrected chi connectivity index (χ3v) is 6.53. The molecule has 4 nitrogen and oxygen atoms in total. The molecule has 2 atom stereocenters. The molecule has 2 unspecified atom stereocenters. The van der Waals surface area contributed by atoms with E-state index in [4.69, 9.17) is 0 Å². The minimum absolute atomic E-state index is 0.350. The van der Waals surface area contributed by atoms with Crippen LogP contribution < -0.4 is 0 Å². The van der Waals surface area contributed by atoms with Crippen LogP contribution in [0.4, 0.5) is 0 Å². The molecule has 0 aliphatic heterocycles. The van der Waals surface area contributed by atoms with Gasteiger partial charge in [-0.15, -0.1) is 0 Å². The van der Waals surface area contributed by atoms with E-state index < -0.39 is 22.8 Å². The lowest BCUT2D eigenvalue weighted by Crippen LogP contribution is -2.54. The number of carbonyl (C=O) groups is 2. The topological polar surface area (TPSA) is 74.6 Å². The first-order valence-electron chi connectivity index (χ1n) is 11.0. The van der Waals surface area contributed by atoms with Gasteiger partial charge in [0.15, 0.2) is 0 Å². The average Bonchev–Trinajstić information content (AvgIpc) is 2.62. The molecule has 1 rings (SSSR count). The Kier molecular flexibility index (Phi) is 10.1. The maximum absolute atomic E-state index is 12.5. The highest BCUT2D eigenvalue weighted by Gasteiger charge is 2.61. The Morgan fingerprint density at radius 2 is 1.26 bits per heavy atom. The zero-order chi connectivity index (χ0) is 20.3. The Balaban J connectivity index is 3.04. The molecule has 0 aromatic heterocycles. The summed E-state index contributed by atoms with van der Waals surface area (Å²) in [4.78, 5) is 25.0. The fourth-order valence-electron chi connectivity index (χ4n) is 4.78. The lowest BCUT2D eigenvalue weighted by molar-refractivity contribution is -0.177. The molecule has 0 amide bonds. The Morgan fingerprint density at radius 1 is 0.815 bits per heavy atom. The van der Waals surface area contributed by atoms with Crippen LogP contribution in [0.2, 0.25) is 0 Å². The van der Waals surface area contributed by atoms with Crippen molar-refractivity contribution in [3.05, 3.63) is 11.6 Å². The van der Waals surface area contributed by atoms with Crippen molar-refractivity contribution in [2.45, 2.75) is 111 Å². The van der Waals surface area contributed by atoms with Crippen molar-refractivity contribution in [1.29, 1.82) is 0 Å². The van der Waals surface area contributed by atoms with Gasteiger partial charge in [-0.3, -0.25) is 9.59 Å². The summed E-state index contributed by atoms with van der Waals surface area (Å²) in [6, 6.07) is 0. The zero-order valence-corrected chi connectivity index (χ0v) is 17.7. The third-order valence-electron chi connectivity index (χ3n) is 6.53. The van der Waals surface area contributed by atoms with Gasteiger partial charge in [0.25, 0.3) is 0 Å². The van der Waals surface area contributed by atoms with Gasteiger partial charge in [0, 0.05) is 0 Å². The van der Waals surface area contributed by atoms with E-state index in [1.54, 1.807) is 0 Å². The number of carboxylic acid groups (broad SMARTS) is 2. The SMILES string of the molecule is CCCCCCCC1(C(=O)O)CC=C(C)CC1(CCCCCCC)C(=O)O. The Hall–Kier alpha value is -1.32. The van der Waals surface area contributed by atoms with Gasteiger partial charge in [-0.2, -0.15) is 0 Å². The number of allylic oxidation sites excluding steroid dienone is 2. The minimum Gasteiger partial charge on any atom is -0.481 e. The van der Waals surface area contributed by atoms with Crippen molar-refractivity contribution in [3.63, 3.8) is 0 Å². The molecule has 0 saturated carbocycles. The first-order valence-corrected chi connectivity index (χ1v) is 11.0. The fourth-order valence-corrected chi connectivity index (χ4v) is 4.78. The largest absolute Gasteiger partial charge is 0.481 e. The summed E-state index contributed by atoms with van der Waals surface area (Å²) in [7, 11) is 0. The number of carboxylic acids is 2. The second-order valence-corrected chi connectivity index (χ2v) is 8.53. The van der Waals surface area contributed by atoms with Crippen molar-refractivity contribution in [3.8, 4) is 0 Å². The van der Waals surface area contributed by atoms with Gasteiger partial charge in [0.1, 0.15) is 0 Å². The molecule has 156 valence electrons. The third kappa shape index (κ3) is 5.83. The molecular formula is C23H40O4. The molecule has 0 fully saturated rings. The molecule has 2 N–H and O–H groups in total. The number of hydrogen-bond acceptors (Lipinski definition) is 2. The number of rotatable bonds is 14. The van der Waals surface area contributed by atoms with Crippen LogP contribution in [0.1, 0.15) is 111 Å². The highest BCUT2D eigenvalue weighted by Crippen LogP contribution is 2.56. The summed E-state index contributed by atoms with van der Waals surface area (Å²) in [5.41, 5.74) is -1.32. The van der Waals surface area contributed by atoms with E-state index in [0.29, 0.717) is 25.7 Å². The van der Waals surface area contributed by atoms with Gasteiger partial charge >= 0.3 is 11.9 Å². The maximum Gasteiger partial charge on any atom is 0.311 e. The van der Waals surface area contributed by atoms with Crippen LogP contribution >= 0.6 is 0 Å². The highest BCUT2D eigenvalue weighted by atomic mass is 16.4. The van der Waals surface area contributed by atoms with Gasteiger partial charge in [0.2, 0.25) is 0 Å². The molecule has 0 bridgehead atoms. The van der Waals surface area contributed by atoms with Gasteiger partial charge in [-0.05, 0) is 32.6 Å². The molecule has 0 aromatic carbocycles. The van der Waals surface area contributed by atoms with Crippen LogP contribution in [0.25, 0.3) is 0 Å². The summed E-state index contributed by atoms with van der Waals surface area (Å²) in [5.74, 6) is -1.83. The normalized spacial score (nSPS) is 25.2. The second-order valence-electron chi connectivity index (χ2n) is 8.53. The number of unbranched alkanes of at least 4 members (excludes halogenated alkanes) is 8. The molecule has 0 saturated heterocycles. The zero-order valence-electron chi connectivity index (χ0n) is 17.7. The fraction of sp³-hybridized carbons (Fsp3) is 0.826. The first-order chi connectivity index (χ1) is 12.9. The van der Waals surface area contributed by atoms with Crippen LogP contribution in [0.3, 0.4) is 0 Å². The van der Waals surface area contributed by atoms with E-state index in [2.05, 4.69) is 13.8 Å². The van der Waals surface area contributed by atoms with E-state index in [9.17, 15) is 19.8 Å². The molecular weight excluding hydrogens is 340 g/mol. The van der Waals surface area contributed by atoms with Crippen molar-refractivity contribution < 1.29 is 19.8 Å². The minimum atomic E-state index is -1.17. The molecule has 27 heavy (non-hydrogen) atoms. The van der Waals surface area contributed by atoms with Crippen LogP contribution in [-0.4, -0.2) is 22.2 Å². The predicted octanol–water partition coefficient (Wildman–Crippen LogP) is 6.59. The molecule has 0 aromatic rings. The molecule has 1 aliphatic carbocycles. The van der Waals surface area contributed by atoms with E-state index in [1.165, 1.54) is 0 Å². The number of hydrogen-bond donors (Lipinski definition) is 2. The monoisotopic (exact) mass is 380 g/mol. The van der Waals surface area contributed by atoms with Crippen molar-refractivity contribution in [2.75, 3.05) is 0 Å². The maximum atomic E-state index is 12.5. The van der Waals surface area contributed by atoms with Gasteiger partial charge < -0.3 is 10.2 Å². The highest BCUT2D eigenvalue weighted by molar-refractivity contribution is 5.87. The van der Waals surface area contributed by atoms with Gasteiger partial charge in [-0.1, -0.05) is 89.7 Å². The summed E-state index contributed by atoms with van der Waals surface area (Å²) < 4.78 is 0. The van der Waals surface area contributed by atoms with E-state index in [0.717, 1.165) is 69.8 Å². The number of aliphatic carboxylic acids is 2. The standard InChI is InChI=1S/C23H40O4/c1-4-6-8-10-12-15-22(20(24)25)17-14-19(3)18-23(22,21(26)27)16-13-11-9-7-5-2/h14H,4-13,15-18H2,1-3H3,(H,24,25)(H,26,27). The average molecular weight is 381 g/mol. The summed E-state index contributed by atoms with van der Waals surface area (Å²) in [6.07, 6.45) is 14.0. The van der Waals surface area contributed by atoms with E-state index >= 15 is 0 Å². The second kappa shape index (κ2) is 11.5. The molecule has 0 spiro atoms. The Morgan fingerprint density at radius 3 is 1.70 bits per heavy atom. The molecule has 1 aliphatic rings. The predicted molar refractivity (Wildman–Crippen MR) is 110 cm³/mol. The van der Waals surface area contributed by atoms with Gasteiger partial charge in [-0.25, -0.2) is 0 Å². The van der Waals surface area contributed by atoms with E-state index in [-0.39, 0.29) is 0 Å². The molecule has 0 heterocycles. The first kappa shape index (κ1) is 23.7. The Labute approximate surface area is 165 Å². The van der Waals surface area contributed by atoms with Crippen LogP contribution in [0.15, 0.2) is 11.6 Å². The Bertz CT molecular complexity index is 511. The summed E-state index contributed by atoms with van der Waals surface area (Å²) in [6.45, 7) is 6.26. The van der Waals surface area contributed by atoms with Gasteiger partial charge in [0.05, 0.1) is 10.8 Å². The van der Waals surface area contributed by atoms with Crippen LogP contribution in [-0.2, 0) is 9.59 Å². The molecule has 4 heteroatoms. The summed E-state index contributed by atoms with van der Waals surface area (Å²) in [5, 5.41) is 20.5. The van der Waals surface area contributed by atoms with Crippen molar-refractivity contribution in [2.24, 2.45) is 10.8 Å². The quantitative estimate of drug-likeness (QED) is 0.263. The lowest BCUT2D eigenvalue weighted by atomic mass is 9.52. The smallest absolute Gasteiger partial charge is 0.311 e. The lowest BCUT2D eigenvalue weighted by Gasteiger charge is -2.48. The summed E-state index contributed by atoms with van der Waals surface area (Å²) >= 11 is 0. The van der Waals surface area contributed by atoms with Crippen molar-refractivity contribution in [1.82, 2.24) is 0 Å². The van der Waals surface area contributed by atoms with Crippen LogP contribution in [0, 0.1) is 10.8 Å². The van der Waals surface area contributed by atoms with Crippen LogP contribution in [0.5, 0.6) is 0 Å². The van der Waals surface area contributed by atoms with Crippen molar-refractivity contribution >= 4 is 11.9 Å². The van der Waals surface area contributed by atoms with E-state index in [1.807, 2.05) is 13.0 Å².